The smallest absolute Gasteiger partial charge is 0.258 e. The Bertz CT molecular complexity index is 1010. The highest BCUT2D eigenvalue weighted by Gasteiger charge is 2.34. The molecule has 2 aromatic heterocycles. The van der Waals surface area contributed by atoms with Crippen molar-refractivity contribution in [1.82, 2.24) is 9.78 Å². The lowest BCUT2D eigenvalue weighted by Gasteiger charge is -2.23. The molecule has 3 aromatic rings. The molecule has 0 fully saturated rings. The molecule has 2 amide bonds. The number of aromatic nitrogens is 2. The van der Waals surface area contributed by atoms with Crippen molar-refractivity contribution >= 4 is 46.5 Å². The minimum absolute atomic E-state index is 0.0468. The summed E-state index contributed by atoms with van der Waals surface area (Å²) in [6.07, 6.45) is 2.28. The van der Waals surface area contributed by atoms with Gasteiger partial charge in [-0.1, -0.05) is 18.2 Å². The van der Waals surface area contributed by atoms with Crippen molar-refractivity contribution in [3.05, 3.63) is 57.8 Å². The highest BCUT2D eigenvalue weighted by Crippen LogP contribution is 2.42. The van der Waals surface area contributed by atoms with Crippen LogP contribution in [0, 0.1) is 0 Å². The zero-order valence-corrected chi connectivity index (χ0v) is 16.5. The second-order valence-electron chi connectivity index (χ2n) is 6.21. The average Bonchev–Trinajstić information content (AvgIpc) is 3.30. The number of anilines is 2. The molecule has 1 aliphatic rings. The molecule has 1 unspecified atom stereocenters. The van der Waals surface area contributed by atoms with E-state index in [1.54, 1.807) is 29.1 Å². The maximum atomic E-state index is 12.9. The van der Waals surface area contributed by atoms with Gasteiger partial charge in [-0.25, -0.2) is 0 Å². The number of thiophene rings is 1. The van der Waals surface area contributed by atoms with Crippen LogP contribution in [-0.4, -0.2) is 27.9 Å². The molecule has 6 nitrogen and oxygen atoms in total. The van der Waals surface area contributed by atoms with E-state index >= 15 is 0 Å². The minimum atomic E-state index is -0.206. The second-order valence-corrected chi connectivity index (χ2v) is 8.04. The summed E-state index contributed by atoms with van der Waals surface area (Å²) in [4.78, 5) is 27.1. The van der Waals surface area contributed by atoms with Gasteiger partial charge in [-0.15, -0.1) is 23.1 Å². The van der Waals surface area contributed by atoms with Crippen LogP contribution >= 0.6 is 23.1 Å². The number of nitrogens with one attached hydrogen (secondary N) is 2. The summed E-state index contributed by atoms with van der Waals surface area (Å²) in [5.41, 5.74) is 1.46. The predicted molar refractivity (Wildman–Crippen MR) is 109 cm³/mol. The summed E-state index contributed by atoms with van der Waals surface area (Å²) < 4.78 is 1.61. The number of carbonyl (C=O) groups excluding carboxylic acids is 2. The number of hydrogen-bond acceptors (Lipinski definition) is 5. The molecule has 0 saturated heterocycles. The third kappa shape index (κ3) is 3.26. The molecule has 0 spiro atoms. The van der Waals surface area contributed by atoms with Crippen LogP contribution in [0.1, 0.15) is 33.1 Å². The Labute approximate surface area is 165 Å². The zero-order chi connectivity index (χ0) is 19.0. The standard InChI is InChI=1S/C19H18N4O2S2/c1-23-18-16(12(10-15(24)20-18)14-8-5-9-27-14)17(22-23)21-19(25)11-6-3-4-7-13(11)26-2/h3-9,12H,10H2,1-2H3,(H,20,24)(H,21,22,25). The summed E-state index contributed by atoms with van der Waals surface area (Å²) in [6, 6.07) is 11.5. The Balaban J connectivity index is 1.74. The second kappa shape index (κ2) is 7.21. The number of benzene rings is 1. The van der Waals surface area contributed by atoms with Gasteiger partial charge in [0.2, 0.25) is 5.91 Å². The fourth-order valence-corrected chi connectivity index (χ4v) is 4.75. The number of carbonyl (C=O) groups is 2. The van der Waals surface area contributed by atoms with Gasteiger partial charge in [-0.3, -0.25) is 14.3 Å². The Morgan fingerprint density at radius 1 is 1.33 bits per heavy atom. The third-order valence-electron chi connectivity index (χ3n) is 4.55. The normalized spacial score (nSPS) is 15.9. The molecule has 0 bridgehead atoms. The van der Waals surface area contributed by atoms with Gasteiger partial charge in [0.25, 0.3) is 5.91 Å². The summed E-state index contributed by atoms with van der Waals surface area (Å²) in [7, 11) is 1.77. The average molecular weight is 399 g/mol. The first-order valence-electron chi connectivity index (χ1n) is 8.43. The van der Waals surface area contributed by atoms with Crippen molar-refractivity contribution in [2.24, 2.45) is 7.05 Å². The van der Waals surface area contributed by atoms with Gasteiger partial charge in [-0.2, -0.15) is 5.10 Å². The lowest BCUT2D eigenvalue weighted by molar-refractivity contribution is -0.116. The molecule has 0 aliphatic carbocycles. The molecular formula is C19H18N4O2S2. The number of nitrogens with zero attached hydrogens (tertiary/aromatic N) is 2. The van der Waals surface area contributed by atoms with Crippen LogP contribution in [0.4, 0.5) is 11.6 Å². The number of amides is 2. The summed E-state index contributed by atoms with van der Waals surface area (Å²) in [5, 5.41) is 12.3. The van der Waals surface area contributed by atoms with Gasteiger partial charge in [-0.05, 0) is 29.8 Å². The van der Waals surface area contributed by atoms with Gasteiger partial charge in [0.1, 0.15) is 5.82 Å². The van der Waals surface area contributed by atoms with Crippen molar-refractivity contribution < 1.29 is 9.59 Å². The largest absolute Gasteiger partial charge is 0.311 e. The molecule has 27 heavy (non-hydrogen) atoms. The summed E-state index contributed by atoms with van der Waals surface area (Å²) in [6.45, 7) is 0. The van der Waals surface area contributed by atoms with E-state index in [-0.39, 0.29) is 17.7 Å². The number of rotatable bonds is 4. The van der Waals surface area contributed by atoms with E-state index in [4.69, 9.17) is 0 Å². The van der Waals surface area contributed by atoms with Crippen molar-refractivity contribution in [2.75, 3.05) is 16.9 Å². The topological polar surface area (TPSA) is 76.0 Å². The lowest BCUT2D eigenvalue weighted by Crippen LogP contribution is -2.24. The van der Waals surface area contributed by atoms with Gasteiger partial charge in [0, 0.05) is 34.7 Å². The van der Waals surface area contributed by atoms with E-state index < -0.39 is 0 Å². The van der Waals surface area contributed by atoms with Crippen molar-refractivity contribution in [3.63, 3.8) is 0 Å². The van der Waals surface area contributed by atoms with Crippen LogP contribution in [0.15, 0.2) is 46.7 Å². The van der Waals surface area contributed by atoms with Crippen LogP contribution < -0.4 is 10.6 Å². The Morgan fingerprint density at radius 2 is 2.15 bits per heavy atom. The van der Waals surface area contributed by atoms with E-state index in [1.165, 1.54) is 11.8 Å². The molecule has 3 heterocycles. The highest BCUT2D eigenvalue weighted by molar-refractivity contribution is 7.98. The fraction of sp³-hybridized carbons (Fsp3) is 0.211. The predicted octanol–water partition coefficient (Wildman–Crippen LogP) is 3.93. The fourth-order valence-electron chi connectivity index (χ4n) is 3.32. The first-order chi connectivity index (χ1) is 13.1. The van der Waals surface area contributed by atoms with Crippen molar-refractivity contribution in [1.29, 1.82) is 0 Å². The number of fused-ring (bicyclic) bond motifs is 1. The Hall–Kier alpha value is -2.58. The Morgan fingerprint density at radius 3 is 2.89 bits per heavy atom. The highest BCUT2D eigenvalue weighted by atomic mass is 32.2. The first-order valence-corrected chi connectivity index (χ1v) is 10.5. The van der Waals surface area contributed by atoms with Gasteiger partial charge in [0.05, 0.1) is 5.56 Å². The number of aryl methyl sites for hydroxylation is 1. The molecule has 2 N–H and O–H groups in total. The van der Waals surface area contributed by atoms with Gasteiger partial charge >= 0.3 is 0 Å². The summed E-state index contributed by atoms with van der Waals surface area (Å²) in [5.74, 6) is 0.760. The van der Waals surface area contributed by atoms with Crippen LogP contribution in [0.25, 0.3) is 0 Å². The number of thioether (sulfide) groups is 1. The molecule has 1 aliphatic heterocycles. The molecule has 8 heteroatoms. The zero-order valence-electron chi connectivity index (χ0n) is 14.9. The van der Waals surface area contributed by atoms with Crippen molar-refractivity contribution in [3.8, 4) is 0 Å². The van der Waals surface area contributed by atoms with E-state index in [9.17, 15) is 9.59 Å². The van der Waals surface area contributed by atoms with Crippen LogP contribution in [-0.2, 0) is 11.8 Å². The maximum absolute atomic E-state index is 12.9. The quantitative estimate of drug-likeness (QED) is 0.653. The molecule has 138 valence electrons. The minimum Gasteiger partial charge on any atom is -0.311 e. The third-order valence-corrected chi connectivity index (χ3v) is 6.33. The van der Waals surface area contributed by atoms with E-state index in [1.807, 2.05) is 42.0 Å². The van der Waals surface area contributed by atoms with E-state index in [2.05, 4.69) is 15.7 Å². The van der Waals surface area contributed by atoms with Crippen LogP contribution in [0.2, 0.25) is 0 Å². The van der Waals surface area contributed by atoms with Crippen molar-refractivity contribution in [2.45, 2.75) is 17.2 Å². The van der Waals surface area contributed by atoms with Crippen LogP contribution in [0.3, 0.4) is 0 Å². The van der Waals surface area contributed by atoms with Crippen LogP contribution in [0.5, 0.6) is 0 Å². The molecule has 1 atom stereocenters. The number of hydrogen-bond donors (Lipinski definition) is 2. The van der Waals surface area contributed by atoms with Gasteiger partial charge in [0.15, 0.2) is 5.82 Å². The maximum Gasteiger partial charge on any atom is 0.258 e. The van der Waals surface area contributed by atoms with E-state index in [0.717, 1.165) is 15.3 Å². The molecule has 1 aromatic carbocycles. The monoisotopic (exact) mass is 398 g/mol. The first kappa shape index (κ1) is 17.8. The molecular weight excluding hydrogens is 380 g/mol. The molecule has 0 radical (unpaired) electrons. The molecule has 4 rings (SSSR count). The van der Waals surface area contributed by atoms with E-state index in [0.29, 0.717) is 23.6 Å². The lowest BCUT2D eigenvalue weighted by atomic mass is 9.92. The Kier molecular flexibility index (Phi) is 4.75. The SMILES string of the molecule is CSc1ccccc1C(=O)Nc1nn(C)c2c1C(c1cccs1)CC(=O)N2. The molecule has 0 saturated carbocycles. The van der Waals surface area contributed by atoms with Gasteiger partial charge < -0.3 is 10.6 Å². The summed E-state index contributed by atoms with van der Waals surface area (Å²) >= 11 is 3.13.